The Morgan fingerprint density at radius 1 is 1.33 bits per heavy atom. The average Bonchev–Trinajstić information content (AvgIpc) is 3.39. The summed E-state index contributed by atoms with van der Waals surface area (Å²) in [6.45, 7) is 3.08. The van der Waals surface area contributed by atoms with Crippen molar-refractivity contribution in [3.63, 3.8) is 0 Å². The van der Waals surface area contributed by atoms with E-state index in [1.165, 1.54) is 7.11 Å². The molecule has 0 radical (unpaired) electrons. The highest BCUT2D eigenvalue weighted by atomic mass is 16.7. The van der Waals surface area contributed by atoms with E-state index in [4.69, 9.17) is 18.9 Å². The van der Waals surface area contributed by atoms with Gasteiger partial charge in [0.25, 0.3) is 5.91 Å². The second-order valence-corrected chi connectivity index (χ2v) is 6.67. The van der Waals surface area contributed by atoms with E-state index in [-0.39, 0.29) is 24.4 Å². The number of hydrogen-bond acceptors (Lipinski definition) is 6. The third kappa shape index (κ3) is 3.19. The number of nitrogens with zero attached hydrogens (tertiary/aromatic N) is 1. The lowest BCUT2D eigenvalue weighted by Gasteiger charge is -2.21. The van der Waals surface area contributed by atoms with E-state index in [9.17, 15) is 9.59 Å². The molecule has 1 aromatic carbocycles. The lowest BCUT2D eigenvalue weighted by Crippen LogP contribution is -2.33. The Balaban J connectivity index is 1.69. The Morgan fingerprint density at radius 2 is 2.15 bits per heavy atom. The number of amides is 1. The van der Waals surface area contributed by atoms with Crippen molar-refractivity contribution in [1.29, 1.82) is 0 Å². The molecule has 0 N–H and O–H groups in total. The highest BCUT2D eigenvalue weighted by molar-refractivity contribution is 6.16. The fourth-order valence-corrected chi connectivity index (χ4v) is 3.61. The largest absolute Gasteiger partial charge is 0.465 e. The summed E-state index contributed by atoms with van der Waals surface area (Å²) in [5.41, 5.74) is 1.94. The zero-order valence-corrected chi connectivity index (χ0v) is 15.3. The second-order valence-electron chi connectivity index (χ2n) is 6.67. The molecular weight excluding hydrogens is 350 g/mol. The number of rotatable bonds is 4. The first kappa shape index (κ1) is 17.6. The van der Waals surface area contributed by atoms with E-state index < -0.39 is 5.97 Å². The number of methoxy groups -OCH3 is 1. The van der Waals surface area contributed by atoms with Crippen LogP contribution in [0.3, 0.4) is 0 Å². The van der Waals surface area contributed by atoms with Gasteiger partial charge in [0, 0.05) is 12.3 Å². The molecule has 0 unspecified atom stereocenters. The van der Waals surface area contributed by atoms with Crippen LogP contribution >= 0.6 is 0 Å². The molecule has 1 saturated heterocycles. The topological polar surface area (TPSA) is 74.3 Å². The minimum atomic E-state index is -0.525. The first-order chi connectivity index (χ1) is 13.1. The van der Waals surface area contributed by atoms with E-state index in [2.05, 4.69) is 0 Å². The molecule has 1 aromatic rings. The van der Waals surface area contributed by atoms with Gasteiger partial charge < -0.3 is 23.8 Å². The first-order valence-electron chi connectivity index (χ1n) is 8.93. The summed E-state index contributed by atoms with van der Waals surface area (Å²) in [4.78, 5) is 27.0. The van der Waals surface area contributed by atoms with Gasteiger partial charge in [-0.25, -0.2) is 4.79 Å². The van der Waals surface area contributed by atoms with Crippen LogP contribution in [0, 0.1) is 0 Å². The Kier molecular flexibility index (Phi) is 4.61. The Hall–Kier alpha value is -2.80. The summed E-state index contributed by atoms with van der Waals surface area (Å²) >= 11 is 0. The summed E-state index contributed by atoms with van der Waals surface area (Å²) in [6.07, 6.45) is 3.58. The van der Waals surface area contributed by atoms with Crippen molar-refractivity contribution in [2.45, 2.75) is 25.9 Å². The predicted octanol–water partition coefficient (Wildman–Crippen LogP) is 2.27. The number of carbonyl (C=O) groups is 2. The van der Waals surface area contributed by atoms with Gasteiger partial charge in [-0.05, 0) is 43.5 Å². The summed E-state index contributed by atoms with van der Waals surface area (Å²) in [5.74, 6) is 0.532. The molecule has 0 aliphatic carbocycles. The number of benzene rings is 1. The van der Waals surface area contributed by atoms with E-state index >= 15 is 0 Å². The van der Waals surface area contributed by atoms with E-state index in [1.807, 2.05) is 6.07 Å². The quantitative estimate of drug-likeness (QED) is 0.597. The fraction of sp³-hybridized carbons (Fsp3) is 0.400. The molecule has 4 rings (SSSR count). The smallest absolute Gasteiger partial charge is 0.340 e. The van der Waals surface area contributed by atoms with Gasteiger partial charge in [0.1, 0.15) is 0 Å². The highest BCUT2D eigenvalue weighted by Gasteiger charge is 2.38. The number of fused-ring (bicyclic) bond motifs is 1. The molecule has 0 aromatic heterocycles. The van der Waals surface area contributed by atoms with Crippen LogP contribution in [0.2, 0.25) is 0 Å². The molecule has 0 spiro atoms. The van der Waals surface area contributed by atoms with Crippen LogP contribution in [0.15, 0.2) is 35.0 Å². The zero-order valence-electron chi connectivity index (χ0n) is 15.3. The number of hydrogen-bond donors (Lipinski definition) is 0. The lowest BCUT2D eigenvalue weighted by molar-refractivity contribution is -0.136. The van der Waals surface area contributed by atoms with Crippen molar-refractivity contribution in [1.82, 2.24) is 4.90 Å². The van der Waals surface area contributed by atoms with Gasteiger partial charge in [-0.2, -0.15) is 0 Å². The van der Waals surface area contributed by atoms with Gasteiger partial charge in [-0.15, -0.1) is 0 Å². The number of esters is 1. The third-order valence-corrected chi connectivity index (χ3v) is 5.02. The molecule has 3 heterocycles. The van der Waals surface area contributed by atoms with Crippen LogP contribution in [0.25, 0.3) is 6.08 Å². The standard InChI is InChI=1S/C20H21NO6/c1-12-18(20(23)24-2)15(19(22)21(12)10-14-4-3-7-25-14)8-13-5-6-16-17(9-13)27-11-26-16/h5-6,8-9,14H,3-4,7,10-11H2,1-2H3/b15-8-/t14-/m1/s1. The van der Waals surface area contributed by atoms with Gasteiger partial charge in [-0.1, -0.05) is 6.07 Å². The van der Waals surface area contributed by atoms with Crippen LogP contribution in [0.4, 0.5) is 0 Å². The normalized spacial score (nSPS) is 22.9. The predicted molar refractivity (Wildman–Crippen MR) is 95.9 cm³/mol. The average molecular weight is 371 g/mol. The zero-order chi connectivity index (χ0) is 19.0. The first-order valence-corrected chi connectivity index (χ1v) is 8.93. The van der Waals surface area contributed by atoms with E-state index in [0.29, 0.717) is 35.9 Å². The summed E-state index contributed by atoms with van der Waals surface area (Å²) in [7, 11) is 1.31. The van der Waals surface area contributed by atoms with Crippen molar-refractivity contribution in [2.75, 3.05) is 27.1 Å². The van der Waals surface area contributed by atoms with Crippen molar-refractivity contribution in [3.05, 3.63) is 40.6 Å². The van der Waals surface area contributed by atoms with E-state index in [1.54, 1.807) is 30.0 Å². The SMILES string of the molecule is COC(=O)C1=C(C)N(C[C@H]2CCCO2)C(=O)/C1=C\c1ccc2c(c1)OCO2. The third-order valence-electron chi connectivity index (χ3n) is 5.02. The maximum atomic E-state index is 13.1. The molecule has 7 heteroatoms. The van der Waals surface area contributed by atoms with Crippen LogP contribution in [-0.4, -0.2) is 49.9 Å². The molecule has 1 amide bonds. The maximum absolute atomic E-state index is 13.1. The fourth-order valence-electron chi connectivity index (χ4n) is 3.61. The Labute approximate surface area is 157 Å². The summed E-state index contributed by atoms with van der Waals surface area (Å²) in [5, 5.41) is 0. The van der Waals surface area contributed by atoms with E-state index in [0.717, 1.165) is 18.4 Å². The molecular formula is C20H21NO6. The molecule has 3 aliphatic heterocycles. The lowest BCUT2D eigenvalue weighted by atomic mass is 10.0. The van der Waals surface area contributed by atoms with Crippen molar-refractivity contribution in [3.8, 4) is 11.5 Å². The molecule has 1 fully saturated rings. The summed E-state index contributed by atoms with van der Waals surface area (Å²) < 4.78 is 21.3. The Bertz CT molecular complexity index is 850. The van der Waals surface area contributed by atoms with Gasteiger partial charge in [-0.3, -0.25) is 4.79 Å². The summed E-state index contributed by atoms with van der Waals surface area (Å²) in [6, 6.07) is 5.39. The molecule has 142 valence electrons. The number of ether oxygens (including phenoxy) is 4. The van der Waals surface area contributed by atoms with Crippen LogP contribution < -0.4 is 9.47 Å². The van der Waals surface area contributed by atoms with Gasteiger partial charge in [0.15, 0.2) is 11.5 Å². The minimum absolute atomic E-state index is 0.00677. The second kappa shape index (κ2) is 7.08. The van der Waals surface area contributed by atoms with Gasteiger partial charge in [0.05, 0.1) is 30.9 Å². The minimum Gasteiger partial charge on any atom is -0.465 e. The van der Waals surface area contributed by atoms with Gasteiger partial charge >= 0.3 is 5.97 Å². The van der Waals surface area contributed by atoms with Crippen LogP contribution in [-0.2, 0) is 19.1 Å². The highest BCUT2D eigenvalue weighted by Crippen LogP contribution is 2.36. The van der Waals surface area contributed by atoms with Crippen LogP contribution in [0.5, 0.6) is 11.5 Å². The molecule has 3 aliphatic rings. The van der Waals surface area contributed by atoms with Crippen molar-refractivity contribution >= 4 is 18.0 Å². The van der Waals surface area contributed by atoms with Crippen molar-refractivity contribution < 1.29 is 28.5 Å². The van der Waals surface area contributed by atoms with Gasteiger partial charge in [0.2, 0.25) is 6.79 Å². The number of carbonyl (C=O) groups excluding carboxylic acids is 2. The monoisotopic (exact) mass is 371 g/mol. The molecule has 0 bridgehead atoms. The molecule has 0 saturated carbocycles. The Morgan fingerprint density at radius 3 is 2.89 bits per heavy atom. The van der Waals surface area contributed by atoms with Crippen LogP contribution in [0.1, 0.15) is 25.3 Å². The number of allylic oxidation sites excluding steroid dienone is 1. The molecule has 1 atom stereocenters. The molecule has 27 heavy (non-hydrogen) atoms. The molecule has 7 nitrogen and oxygen atoms in total. The maximum Gasteiger partial charge on any atom is 0.340 e. The van der Waals surface area contributed by atoms with Crippen molar-refractivity contribution in [2.24, 2.45) is 0 Å².